The summed E-state index contributed by atoms with van der Waals surface area (Å²) < 4.78 is 0. The van der Waals surface area contributed by atoms with Crippen molar-refractivity contribution in [3.63, 3.8) is 0 Å². The van der Waals surface area contributed by atoms with Crippen molar-refractivity contribution in [3.05, 3.63) is 77.4 Å². The zero-order valence-electron chi connectivity index (χ0n) is 11.3. The van der Waals surface area contributed by atoms with Crippen LogP contribution in [-0.2, 0) is 11.2 Å². The molecule has 0 bridgehead atoms. The first-order chi connectivity index (χ1) is 9.75. The average molecular weight is 266 g/mol. The molecule has 0 aliphatic rings. The van der Waals surface area contributed by atoms with E-state index in [1.807, 2.05) is 48.5 Å². The Balaban J connectivity index is 1.97. The van der Waals surface area contributed by atoms with E-state index in [-0.39, 0.29) is 0 Å². The van der Waals surface area contributed by atoms with Gasteiger partial charge in [0.15, 0.2) is 0 Å². The molecule has 0 fully saturated rings. The van der Waals surface area contributed by atoms with Crippen LogP contribution < -0.4 is 0 Å². The van der Waals surface area contributed by atoms with E-state index < -0.39 is 5.97 Å². The second-order valence-corrected chi connectivity index (χ2v) is 4.72. The summed E-state index contributed by atoms with van der Waals surface area (Å²) in [5.41, 5.74) is 2.65. The molecule has 0 atom stereocenters. The van der Waals surface area contributed by atoms with Gasteiger partial charge in [-0.25, -0.2) is 4.79 Å². The maximum Gasteiger partial charge on any atom is 0.331 e. The molecule has 2 rings (SSSR count). The molecule has 0 amide bonds. The van der Waals surface area contributed by atoms with Crippen LogP contribution in [0.3, 0.4) is 0 Å². The van der Waals surface area contributed by atoms with Gasteiger partial charge in [-0.3, -0.25) is 0 Å². The first-order valence-electron chi connectivity index (χ1n) is 6.78. The van der Waals surface area contributed by atoms with Crippen molar-refractivity contribution in [3.8, 4) is 0 Å². The van der Waals surface area contributed by atoms with Crippen LogP contribution in [0.1, 0.15) is 24.0 Å². The number of carboxylic acids is 1. The summed E-state index contributed by atoms with van der Waals surface area (Å²) in [5, 5.41) is 9.26. The second-order valence-electron chi connectivity index (χ2n) is 4.72. The highest BCUT2D eigenvalue weighted by atomic mass is 16.4. The standard InChI is InChI=1S/C18H18O2/c19-18(20)17(14-16-10-5-2-6-11-16)13-7-12-15-8-3-1-4-9-15/h1-6,8-11,14H,7,12-13H2,(H,19,20)/b17-14+. The number of hydrogen-bond donors (Lipinski definition) is 1. The minimum Gasteiger partial charge on any atom is -0.478 e. The Labute approximate surface area is 119 Å². The summed E-state index contributed by atoms with van der Waals surface area (Å²) in [4.78, 5) is 11.3. The number of aliphatic carboxylic acids is 1. The minimum absolute atomic E-state index is 0.465. The van der Waals surface area contributed by atoms with E-state index in [9.17, 15) is 9.90 Å². The van der Waals surface area contributed by atoms with Crippen LogP contribution in [0.15, 0.2) is 66.2 Å². The molecule has 0 aromatic heterocycles. The van der Waals surface area contributed by atoms with Gasteiger partial charge in [0, 0.05) is 5.57 Å². The number of aryl methyl sites for hydroxylation is 1. The molecule has 0 heterocycles. The fourth-order valence-corrected chi connectivity index (χ4v) is 2.12. The normalized spacial score (nSPS) is 11.3. The Kier molecular flexibility index (Phi) is 5.13. The SMILES string of the molecule is O=C(O)/C(=C/c1ccccc1)CCCc1ccccc1. The maximum absolute atomic E-state index is 11.3. The van der Waals surface area contributed by atoms with Crippen molar-refractivity contribution in [2.45, 2.75) is 19.3 Å². The molecule has 0 radical (unpaired) electrons. The molecule has 2 nitrogen and oxygen atoms in total. The van der Waals surface area contributed by atoms with E-state index in [0.29, 0.717) is 12.0 Å². The Morgan fingerprint density at radius 3 is 2.15 bits per heavy atom. The van der Waals surface area contributed by atoms with Gasteiger partial charge in [-0.2, -0.15) is 0 Å². The van der Waals surface area contributed by atoms with Gasteiger partial charge in [-0.1, -0.05) is 60.7 Å². The number of hydrogen-bond acceptors (Lipinski definition) is 1. The van der Waals surface area contributed by atoms with Crippen molar-refractivity contribution in [2.24, 2.45) is 0 Å². The topological polar surface area (TPSA) is 37.3 Å². The van der Waals surface area contributed by atoms with E-state index in [1.165, 1.54) is 5.56 Å². The summed E-state index contributed by atoms with van der Waals surface area (Å²) in [6.07, 6.45) is 4.08. The molecule has 0 saturated heterocycles. The predicted molar refractivity (Wildman–Crippen MR) is 81.4 cm³/mol. The van der Waals surface area contributed by atoms with Crippen molar-refractivity contribution >= 4 is 12.0 Å². The first-order valence-corrected chi connectivity index (χ1v) is 6.78. The highest BCUT2D eigenvalue weighted by molar-refractivity contribution is 5.92. The van der Waals surface area contributed by atoms with Crippen LogP contribution in [0.5, 0.6) is 0 Å². The fourth-order valence-electron chi connectivity index (χ4n) is 2.12. The van der Waals surface area contributed by atoms with Crippen molar-refractivity contribution in [1.82, 2.24) is 0 Å². The summed E-state index contributed by atoms with van der Waals surface area (Å²) in [6, 6.07) is 19.7. The van der Waals surface area contributed by atoms with Gasteiger partial charge in [0.2, 0.25) is 0 Å². The molecule has 0 aliphatic heterocycles. The van der Waals surface area contributed by atoms with Crippen LogP contribution in [0, 0.1) is 0 Å². The van der Waals surface area contributed by atoms with Crippen molar-refractivity contribution < 1.29 is 9.90 Å². The average Bonchev–Trinajstić information content (AvgIpc) is 2.48. The highest BCUT2D eigenvalue weighted by Crippen LogP contribution is 2.14. The third kappa shape index (κ3) is 4.39. The molecule has 1 N–H and O–H groups in total. The minimum atomic E-state index is -0.832. The number of benzene rings is 2. The molecule has 0 saturated carbocycles. The molecule has 0 unspecified atom stereocenters. The summed E-state index contributed by atoms with van der Waals surface area (Å²) in [7, 11) is 0. The van der Waals surface area contributed by atoms with E-state index >= 15 is 0 Å². The molecule has 102 valence electrons. The lowest BCUT2D eigenvalue weighted by Gasteiger charge is -2.04. The van der Waals surface area contributed by atoms with Crippen LogP contribution in [-0.4, -0.2) is 11.1 Å². The van der Waals surface area contributed by atoms with Gasteiger partial charge in [0.05, 0.1) is 0 Å². The zero-order chi connectivity index (χ0) is 14.2. The fraction of sp³-hybridized carbons (Fsp3) is 0.167. The molecular weight excluding hydrogens is 248 g/mol. The lowest BCUT2D eigenvalue weighted by atomic mass is 10.0. The molecular formula is C18H18O2. The lowest BCUT2D eigenvalue weighted by molar-refractivity contribution is -0.132. The third-order valence-corrected chi connectivity index (χ3v) is 3.17. The molecule has 2 heteroatoms. The predicted octanol–water partition coefficient (Wildman–Crippen LogP) is 4.18. The summed E-state index contributed by atoms with van der Waals surface area (Å²) >= 11 is 0. The molecule has 2 aromatic rings. The van der Waals surface area contributed by atoms with E-state index in [1.54, 1.807) is 6.08 Å². The highest BCUT2D eigenvalue weighted by Gasteiger charge is 2.07. The smallest absolute Gasteiger partial charge is 0.331 e. The Bertz CT molecular complexity index is 571. The number of rotatable bonds is 6. The number of carbonyl (C=O) groups is 1. The number of carboxylic acid groups (broad SMARTS) is 1. The Morgan fingerprint density at radius 1 is 0.950 bits per heavy atom. The monoisotopic (exact) mass is 266 g/mol. The maximum atomic E-state index is 11.3. The Morgan fingerprint density at radius 2 is 1.55 bits per heavy atom. The largest absolute Gasteiger partial charge is 0.478 e. The van der Waals surface area contributed by atoms with Crippen LogP contribution in [0.25, 0.3) is 6.08 Å². The van der Waals surface area contributed by atoms with E-state index in [2.05, 4.69) is 12.1 Å². The van der Waals surface area contributed by atoms with E-state index in [4.69, 9.17) is 0 Å². The Hall–Kier alpha value is -2.35. The van der Waals surface area contributed by atoms with Crippen LogP contribution in [0.4, 0.5) is 0 Å². The van der Waals surface area contributed by atoms with Gasteiger partial charge in [0.25, 0.3) is 0 Å². The van der Waals surface area contributed by atoms with Crippen molar-refractivity contribution in [2.75, 3.05) is 0 Å². The quantitative estimate of drug-likeness (QED) is 0.796. The van der Waals surface area contributed by atoms with Gasteiger partial charge in [0.1, 0.15) is 0 Å². The van der Waals surface area contributed by atoms with Gasteiger partial charge in [-0.05, 0) is 36.5 Å². The van der Waals surface area contributed by atoms with Gasteiger partial charge < -0.3 is 5.11 Å². The van der Waals surface area contributed by atoms with Gasteiger partial charge >= 0.3 is 5.97 Å². The van der Waals surface area contributed by atoms with Crippen LogP contribution >= 0.6 is 0 Å². The van der Waals surface area contributed by atoms with Crippen molar-refractivity contribution in [1.29, 1.82) is 0 Å². The zero-order valence-corrected chi connectivity index (χ0v) is 11.3. The third-order valence-electron chi connectivity index (χ3n) is 3.17. The summed E-state index contributed by atoms with van der Waals surface area (Å²) in [5.74, 6) is -0.832. The second kappa shape index (κ2) is 7.29. The van der Waals surface area contributed by atoms with Crippen LogP contribution in [0.2, 0.25) is 0 Å². The molecule has 2 aromatic carbocycles. The van der Waals surface area contributed by atoms with E-state index in [0.717, 1.165) is 18.4 Å². The molecule has 0 spiro atoms. The molecule has 20 heavy (non-hydrogen) atoms. The molecule has 0 aliphatic carbocycles. The summed E-state index contributed by atoms with van der Waals surface area (Å²) in [6.45, 7) is 0. The van der Waals surface area contributed by atoms with Gasteiger partial charge in [-0.15, -0.1) is 0 Å². The lowest BCUT2D eigenvalue weighted by Crippen LogP contribution is -2.01. The first kappa shape index (κ1) is 14.1.